The zero-order valence-electron chi connectivity index (χ0n) is 18.1. The van der Waals surface area contributed by atoms with E-state index in [2.05, 4.69) is 28.5 Å². The number of halogens is 1. The van der Waals surface area contributed by atoms with Crippen molar-refractivity contribution in [2.75, 3.05) is 39.3 Å². The topological polar surface area (TPSA) is 43.9 Å². The predicted molar refractivity (Wildman–Crippen MR) is 126 cm³/mol. The SMILES string of the molecule is CCCC(=O)N1CCCN(C(=O)CN2CCc3sccc3C2c2ccc(Cl)cc2)CC1. The number of hydrogen-bond acceptors (Lipinski definition) is 4. The summed E-state index contributed by atoms with van der Waals surface area (Å²) in [4.78, 5) is 33.1. The first kappa shape index (κ1) is 22.3. The number of carbonyl (C=O) groups is 2. The van der Waals surface area contributed by atoms with Gasteiger partial charge in [-0.25, -0.2) is 0 Å². The lowest BCUT2D eigenvalue weighted by Crippen LogP contribution is -2.45. The second kappa shape index (κ2) is 10.2. The van der Waals surface area contributed by atoms with E-state index in [-0.39, 0.29) is 17.9 Å². The van der Waals surface area contributed by atoms with Crippen LogP contribution in [-0.2, 0) is 16.0 Å². The molecule has 0 radical (unpaired) electrons. The van der Waals surface area contributed by atoms with E-state index in [1.165, 1.54) is 16.0 Å². The molecule has 1 saturated heterocycles. The number of nitrogens with zero attached hydrogens (tertiary/aromatic N) is 3. The number of hydrogen-bond donors (Lipinski definition) is 0. The van der Waals surface area contributed by atoms with Crippen LogP contribution in [0.1, 0.15) is 48.2 Å². The molecule has 0 N–H and O–H groups in total. The minimum Gasteiger partial charge on any atom is -0.341 e. The van der Waals surface area contributed by atoms with Crippen LogP contribution in [0.4, 0.5) is 0 Å². The molecule has 2 aliphatic heterocycles. The van der Waals surface area contributed by atoms with Gasteiger partial charge in [-0.15, -0.1) is 11.3 Å². The summed E-state index contributed by atoms with van der Waals surface area (Å²) in [5.74, 6) is 0.364. The van der Waals surface area contributed by atoms with Crippen molar-refractivity contribution in [2.24, 2.45) is 0 Å². The predicted octanol–water partition coefficient (Wildman–Crippen LogP) is 4.21. The molecule has 0 aliphatic carbocycles. The number of benzene rings is 1. The van der Waals surface area contributed by atoms with Crippen LogP contribution in [0.15, 0.2) is 35.7 Å². The van der Waals surface area contributed by atoms with E-state index in [0.717, 1.165) is 43.9 Å². The van der Waals surface area contributed by atoms with Gasteiger partial charge in [0, 0.05) is 49.0 Å². The average Bonchev–Trinajstić information content (AvgIpc) is 3.10. The first-order valence-corrected chi connectivity index (χ1v) is 12.4. The molecular weight excluding hydrogens is 430 g/mol. The van der Waals surface area contributed by atoms with Crippen LogP contribution < -0.4 is 0 Å². The maximum Gasteiger partial charge on any atom is 0.236 e. The zero-order valence-corrected chi connectivity index (χ0v) is 19.6. The minimum absolute atomic E-state index is 0.0748. The third-order valence-corrected chi connectivity index (χ3v) is 7.50. The maximum absolute atomic E-state index is 13.3. The quantitative estimate of drug-likeness (QED) is 0.672. The van der Waals surface area contributed by atoms with Crippen molar-refractivity contribution in [3.8, 4) is 0 Å². The smallest absolute Gasteiger partial charge is 0.236 e. The van der Waals surface area contributed by atoms with Crippen LogP contribution in [-0.4, -0.2) is 65.8 Å². The molecule has 1 aromatic carbocycles. The summed E-state index contributed by atoms with van der Waals surface area (Å²) in [5, 5.41) is 2.87. The molecule has 3 heterocycles. The molecule has 2 aliphatic rings. The summed E-state index contributed by atoms with van der Waals surface area (Å²) in [6.45, 7) is 6.01. The standard InChI is InChI=1S/C24H30ClN3O2S/c1-2-4-22(29)26-11-3-12-27(15-14-26)23(30)17-28-13-9-21-20(10-16-31-21)24(28)18-5-7-19(25)8-6-18/h5-8,10,16,24H,2-4,9,11-15,17H2,1H3. The highest BCUT2D eigenvalue weighted by molar-refractivity contribution is 7.10. The van der Waals surface area contributed by atoms with Crippen molar-refractivity contribution < 1.29 is 9.59 Å². The molecule has 0 bridgehead atoms. The van der Waals surface area contributed by atoms with Gasteiger partial charge in [0.05, 0.1) is 12.6 Å². The first-order chi connectivity index (χ1) is 15.1. The van der Waals surface area contributed by atoms with Crippen LogP contribution >= 0.6 is 22.9 Å². The number of amides is 2. The summed E-state index contributed by atoms with van der Waals surface area (Å²) in [5.41, 5.74) is 2.47. The van der Waals surface area contributed by atoms with Gasteiger partial charge < -0.3 is 9.80 Å². The number of fused-ring (bicyclic) bond motifs is 1. The average molecular weight is 460 g/mol. The van der Waals surface area contributed by atoms with Crippen LogP contribution in [0.3, 0.4) is 0 Å². The highest BCUT2D eigenvalue weighted by atomic mass is 35.5. The summed E-state index contributed by atoms with van der Waals surface area (Å²) in [6.07, 6.45) is 3.28. The lowest BCUT2D eigenvalue weighted by molar-refractivity contribution is -0.134. The van der Waals surface area contributed by atoms with E-state index >= 15 is 0 Å². The third-order valence-electron chi connectivity index (χ3n) is 6.25. The molecular formula is C24H30ClN3O2S. The summed E-state index contributed by atoms with van der Waals surface area (Å²) in [7, 11) is 0. The van der Waals surface area contributed by atoms with E-state index in [1.54, 1.807) is 11.3 Å². The van der Waals surface area contributed by atoms with Gasteiger partial charge in [0.2, 0.25) is 11.8 Å². The zero-order chi connectivity index (χ0) is 21.8. The second-order valence-corrected chi connectivity index (χ2v) is 9.78. The molecule has 1 unspecified atom stereocenters. The molecule has 31 heavy (non-hydrogen) atoms. The minimum atomic E-state index is 0.0748. The summed E-state index contributed by atoms with van der Waals surface area (Å²) >= 11 is 7.92. The fourth-order valence-electron chi connectivity index (χ4n) is 4.64. The number of carbonyl (C=O) groups excluding carboxylic acids is 2. The molecule has 5 nitrogen and oxygen atoms in total. The normalized spacial score (nSPS) is 19.7. The lowest BCUT2D eigenvalue weighted by Gasteiger charge is -2.37. The van der Waals surface area contributed by atoms with Crippen molar-refractivity contribution in [3.05, 3.63) is 56.7 Å². The van der Waals surface area contributed by atoms with Gasteiger partial charge in [0.1, 0.15) is 0 Å². The van der Waals surface area contributed by atoms with E-state index < -0.39 is 0 Å². The van der Waals surface area contributed by atoms with Gasteiger partial charge in [0.25, 0.3) is 0 Å². The summed E-state index contributed by atoms with van der Waals surface area (Å²) in [6, 6.07) is 10.3. The Kier molecular flexibility index (Phi) is 7.31. The van der Waals surface area contributed by atoms with Crippen molar-refractivity contribution in [1.29, 1.82) is 0 Å². The van der Waals surface area contributed by atoms with E-state index in [9.17, 15) is 9.59 Å². The fraction of sp³-hybridized carbons (Fsp3) is 0.500. The molecule has 166 valence electrons. The molecule has 1 atom stereocenters. The van der Waals surface area contributed by atoms with E-state index in [1.807, 2.05) is 28.9 Å². The Balaban J connectivity index is 1.46. The molecule has 2 amide bonds. The Morgan fingerprint density at radius 1 is 1.00 bits per heavy atom. The largest absolute Gasteiger partial charge is 0.341 e. The van der Waals surface area contributed by atoms with Crippen LogP contribution in [0, 0.1) is 0 Å². The molecule has 0 saturated carbocycles. The maximum atomic E-state index is 13.3. The van der Waals surface area contributed by atoms with Gasteiger partial charge in [0.15, 0.2) is 0 Å². The van der Waals surface area contributed by atoms with Crippen LogP contribution in [0.25, 0.3) is 0 Å². The van der Waals surface area contributed by atoms with Gasteiger partial charge in [-0.05, 0) is 54.0 Å². The van der Waals surface area contributed by atoms with Gasteiger partial charge in [-0.2, -0.15) is 0 Å². The van der Waals surface area contributed by atoms with Crippen LogP contribution in [0.5, 0.6) is 0 Å². The first-order valence-electron chi connectivity index (χ1n) is 11.2. The second-order valence-electron chi connectivity index (χ2n) is 8.34. The van der Waals surface area contributed by atoms with Crippen molar-refractivity contribution in [3.63, 3.8) is 0 Å². The highest BCUT2D eigenvalue weighted by Crippen LogP contribution is 2.38. The van der Waals surface area contributed by atoms with E-state index in [0.29, 0.717) is 26.1 Å². The van der Waals surface area contributed by atoms with Crippen molar-refractivity contribution >= 4 is 34.8 Å². The van der Waals surface area contributed by atoms with Gasteiger partial charge >= 0.3 is 0 Å². The molecule has 1 aromatic heterocycles. The lowest BCUT2D eigenvalue weighted by atomic mass is 9.93. The number of thiophene rings is 1. The third kappa shape index (κ3) is 5.13. The van der Waals surface area contributed by atoms with Gasteiger partial charge in [-0.3, -0.25) is 14.5 Å². The van der Waals surface area contributed by atoms with Crippen molar-refractivity contribution in [1.82, 2.24) is 14.7 Å². The fourth-order valence-corrected chi connectivity index (χ4v) is 5.67. The molecule has 1 fully saturated rings. The Hall–Kier alpha value is -1.89. The van der Waals surface area contributed by atoms with Crippen LogP contribution in [0.2, 0.25) is 5.02 Å². The Morgan fingerprint density at radius 3 is 2.42 bits per heavy atom. The summed E-state index contributed by atoms with van der Waals surface area (Å²) < 4.78 is 0. The molecule has 7 heteroatoms. The van der Waals surface area contributed by atoms with Gasteiger partial charge in [-0.1, -0.05) is 30.7 Å². The highest BCUT2D eigenvalue weighted by Gasteiger charge is 2.32. The van der Waals surface area contributed by atoms with E-state index in [4.69, 9.17) is 11.6 Å². The Bertz CT molecular complexity index is 914. The molecule has 4 rings (SSSR count). The monoisotopic (exact) mass is 459 g/mol. The molecule has 2 aromatic rings. The Labute approximate surface area is 193 Å². The molecule has 0 spiro atoms. The number of rotatable bonds is 5. The van der Waals surface area contributed by atoms with Crippen molar-refractivity contribution in [2.45, 2.75) is 38.6 Å². The Morgan fingerprint density at radius 2 is 1.71 bits per heavy atom.